The van der Waals surface area contributed by atoms with Gasteiger partial charge in [-0.25, -0.2) is 14.4 Å². The number of anilines is 2. The molecule has 1 fully saturated rings. The first-order chi connectivity index (χ1) is 19.0. The van der Waals surface area contributed by atoms with Gasteiger partial charge in [0.2, 0.25) is 5.95 Å². The Morgan fingerprint density at radius 2 is 1.79 bits per heavy atom. The highest BCUT2D eigenvalue weighted by molar-refractivity contribution is 6.34. The van der Waals surface area contributed by atoms with Crippen molar-refractivity contribution in [2.45, 2.75) is 19.5 Å². The van der Waals surface area contributed by atoms with Gasteiger partial charge in [-0.15, -0.1) is 10.2 Å². The number of fused-ring (bicyclic) bond motifs is 1. The number of aromatic nitrogens is 7. The molecule has 4 heterocycles. The summed E-state index contributed by atoms with van der Waals surface area (Å²) in [6.45, 7) is 5.92. The van der Waals surface area contributed by atoms with E-state index in [1.165, 1.54) is 6.07 Å². The number of H-pyrrole nitrogens is 1. The molecule has 198 valence electrons. The van der Waals surface area contributed by atoms with Crippen LogP contribution < -0.4 is 10.2 Å². The highest BCUT2D eigenvalue weighted by Crippen LogP contribution is 2.35. The van der Waals surface area contributed by atoms with Crippen molar-refractivity contribution in [1.82, 2.24) is 40.5 Å². The van der Waals surface area contributed by atoms with E-state index in [1.807, 2.05) is 43.6 Å². The topological polar surface area (TPSA) is 112 Å². The van der Waals surface area contributed by atoms with Gasteiger partial charge in [0.25, 0.3) is 0 Å². The number of nitrogens with zero attached hydrogens (tertiary/aromatic N) is 8. The van der Waals surface area contributed by atoms with Crippen LogP contribution in [0.1, 0.15) is 24.4 Å². The Kier molecular flexibility index (Phi) is 6.99. The van der Waals surface area contributed by atoms with Gasteiger partial charge in [0.1, 0.15) is 5.82 Å². The summed E-state index contributed by atoms with van der Waals surface area (Å²) in [4.78, 5) is 18.2. The molecule has 1 atom stereocenters. The van der Waals surface area contributed by atoms with Crippen molar-refractivity contribution >= 4 is 34.1 Å². The van der Waals surface area contributed by atoms with Gasteiger partial charge in [-0.1, -0.05) is 41.1 Å². The third-order valence-electron chi connectivity index (χ3n) is 6.94. The predicted molar refractivity (Wildman–Crippen MR) is 148 cm³/mol. The van der Waals surface area contributed by atoms with E-state index in [4.69, 9.17) is 11.6 Å². The lowest BCUT2D eigenvalue weighted by atomic mass is 10.0. The van der Waals surface area contributed by atoms with Crippen molar-refractivity contribution in [2.24, 2.45) is 0 Å². The summed E-state index contributed by atoms with van der Waals surface area (Å²) in [5.74, 6) is 1.12. The Morgan fingerprint density at radius 3 is 2.54 bits per heavy atom. The van der Waals surface area contributed by atoms with Crippen LogP contribution in [0.2, 0.25) is 5.02 Å². The predicted octanol–water partition coefficient (Wildman–Crippen LogP) is 4.49. The molecule has 10 nitrogen and oxygen atoms in total. The average molecular weight is 545 g/mol. The minimum Gasteiger partial charge on any atom is -0.377 e. The number of piperazine rings is 1. The molecule has 1 aliphatic rings. The SMILES string of the molecule is C[C@@H](Nc1c(Cl)cnc2ccc(-c3cnc(N4CCN(Cc5nn[nH]n5)CC4)nc3)cc12)c1ccccc1F. The molecule has 0 unspecified atom stereocenters. The standard InChI is InChI=1S/C27H26ClFN10/c1-17(20-4-2-3-5-23(20)29)33-26-21-12-18(6-7-24(21)30-15-22(26)28)19-13-31-27(32-14-19)39-10-8-38(9-11-39)16-25-34-36-37-35-25/h2-7,12-15,17H,8-11,16H2,1H3,(H,30,33)(H,34,35,36,37)/t17-/m1/s1. The van der Waals surface area contributed by atoms with Gasteiger partial charge in [0, 0.05) is 61.3 Å². The van der Waals surface area contributed by atoms with Crippen molar-refractivity contribution in [3.8, 4) is 11.1 Å². The van der Waals surface area contributed by atoms with Crippen molar-refractivity contribution in [3.63, 3.8) is 0 Å². The monoisotopic (exact) mass is 544 g/mol. The largest absolute Gasteiger partial charge is 0.377 e. The van der Waals surface area contributed by atoms with Gasteiger partial charge in [-0.3, -0.25) is 9.88 Å². The number of hydrogen-bond acceptors (Lipinski definition) is 9. The number of pyridine rings is 1. The first-order valence-corrected chi connectivity index (χ1v) is 13.0. The lowest BCUT2D eigenvalue weighted by Gasteiger charge is -2.33. The van der Waals surface area contributed by atoms with Crippen LogP contribution in [0.4, 0.5) is 16.0 Å². The van der Waals surface area contributed by atoms with E-state index in [2.05, 4.69) is 50.7 Å². The molecule has 6 rings (SSSR count). The zero-order valence-electron chi connectivity index (χ0n) is 21.2. The molecule has 5 aromatic rings. The van der Waals surface area contributed by atoms with Crippen LogP contribution in [0, 0.1) is 5.82 Å². The van der Waals surface area contributed by atoms with E-state index in [0.717, 1.165) is 48.2 Å². The molecule has 0 spiro atoms. The minimum absolute atomic E-state index is 0.265. The van der Waals surface area contributed by atoms with Crippen molar-refractivity contribution in [3.05, 3.63) is 83.3 Å². The fraction of sp³-hybridized carbons (Fsp3) is 0.259. The maximum atomic E-state index is 14.4. The quantitative estimate of drug-likeness (QED) is 0.306. The first kappa shape index (κ1) is 25.1. The van der Waals surface area contributed by atoms with E-state index in [9.17, 15) is 4.39 Å². The molecular weight excluding hydrogens is 519 g/mol. The van der Waals surface area contributed by atoms with E-state index in [0.29, 0.717) is 34.6 Å². The Bertz CT molecular complexity index is 1570. The normalized spacial score (nSPS) is 15.0. The highest BCUT2D eigenvalue weighted by atomic mass is 35.5. The molecule has 2 aromatic carbocycles. The average Bonchev–Trinajstić information content (AvgIpc) is 3.48. The second-order valence-corrected chi connectivity index (χ2v) is 9.87. The van der Waals surface area contributed by atoms with Crippen LogP contribution in [-0.4, -0.2) is 66.7 Å². The molecule has 0 bridgehead atoms. The summed E-state index contributed by atoms with van der Waals surface area (Å²) in [5.41, 5.74) is 3.86. The van der Waals surface area contributed by atoms with Crippen LogP contribution in [0.25, 0.3) is 22.0 Å². The number of rotatable bonds is 7. The number of nitrogens with one attached hydrogen (secondary N) is 2. The summed E-state index contributed by atoms with van der Waals surface area (Å²) >= 11 is 6.57. The fourth-order valence-corrected chi connectivity index (χ4v) is 5.01. The zero-order valence-corrected chi connectivity index (χ0v) is 22.0. The van der Waals surface area contributed by atoms with Crippen LogP contribution >= 0.6 is 11.6 Å². The number of benzene rings is 2. The Labute approximate surface area is 229 Å². The number of halogens is 2. The molecule has 1 aliphatic heterocycles. The summed E-state index contributed by atoms with van der Waals surface area (Å²) in [7, 11) is 0. The Morgan fingerprint density at radius 1 is 1.00 bits per heavy atom. The molecule has 3 aromatic heterocycles. The van der Waals surface area contributed by atoms with E-state index in [1.54, 1.807) is 18.3 Å². The van der Waals surface area contributed by atoms with Gasteiger partial charge >= 0.3 is 0 Å². The third-order valence-corrected chi connectivity index (χ3v) is 7.22. The molecule has 0 aliphatic carbocycles. The fourth-order valence-electron chi connectivity index (χ4n) is 4.80. The number of tetrazole rings is 1. The summed E-state index contributed by atoms with van der Waals surface area (Å²) in [6.07, 6.45) is 5.28. The summed E-state index contributed by atoms with van der Waals surface area (Å²) < 4.78 is 14.4. The maximum absolute atomic E-state index is 14.4. The van der Waals surface area contributed by atoms with Gasteiger partial charge in [0.05, 0.1) is 28.8 Å². The molecule has 0 radical (unpaired) electrons. The highest BCUT2D eigenvalue weighted by Gasteiger charge is 2.20. The smallest absolute Gasteiger partial charge is 0.225 e. The van der Waals surface area contributed by atoms with Gasteiger partial charge in [-0.05, 0) is 30.7 Å². The van der Waals surface area contributed by atoms with Crippen molar-refractivity contribution in [1.29, 1.82) is 0 Å². The molecule has 39 heavy (non-hydrogen) atoms. The number of hydrogen-bond donors (Lipinski definition) is 2. The number of aromatic amines is 1. The lowest BCUT2D eigenvalue weighted by molar-refractivity contribution is 0.243. The van der Waals surface area contributed by atoms with Gasteiger partial charge in [-0.2, -0.15) is 5.21 Å². The van der Waals surface area contributed by atoms with Crippen molar-refractivity contribution < 1.29 is 4.39 Å². The second kappa shape index (κ2) is 10.9. The Hall–Kier alpha value is -4.22. The summed E-state index contributed by atoms with van der Waals surface area (Å²) in [5, 5.41) is 18.9. The van der Waals surface area contributed by atoms with Crippen LogP contribution in [0.15, 0.2) is 61.1 Å². The first-order valence-electron chi connectivity index (χ1n) is 12.7. The maximum Gasteiger partial charge on any atom is 0.225 e. The van der Waals surface area contributed by atoms with Crippen LogP contribution in [-0.2, 0) is 6.54 Å². The van der Waals surface area contributed by atoms with Crippen LogP contribution in [0.5, 0.6) is 0 Å². The molecule has 2 N–H and O–H groups in total. The molecule has 0 amide bonds. The minimum atomic E-state index is -0.298. The van der Waals surface area contributed by atoms with Crippen molar-refractivity contribution in [2.75, 3.05) is 36.4 Å². The molecular formula is C27H26ClFN10. The van der Waals surface area contributed by atoms with E-state index >= 15 is 0 Å². The second-order valence-electron chi connectivity index (χ2n) is 9.46. The lowest BCUT2D eigenvalue weighted by Crippen LogP contribution is -2.46. The van der Waals surface area contributed by atoms with Crippen LogP contribution in [0.3, 0.4) is 0 Å². The molecule has 1 saturated heterocycles. The van der Waals surface area contributed by atoms with E-state index in [-0.39, 0.29) is 11.9 Å². The van der Waals surface area contributed by atoms with E-state index < -0.39 is 0 Å². The molecule has 0 saturated carbocycles. The Balaban J connectivity index is 1.20. The van der Waals surface area contributed by atoms with Gasteiger partial charge in [0.15, 0.2) is 5.82 Å². The van der Waals surface area contributed by atoms with Gasteiger partial charge < -0.3 is 10.2 Å². The summed E-state index contributed by atoms with van der Waals surface area (Å²) in [6, 6.07) is 12.4. The third kappa shape index (κ3) is 5.36. The molecule has 12 heteroatoms. The zero-order chi connectivity index (χ0) is 26.8.